The van der Waals surface area contributed by atoms with E-state index in [-0.39, 0.29) is 24.0 Å². The van der Waals surface area contributed by atoms with Gasteiger partial charge in [0.25, 0.3) is 0 Å². The summed E-state index contributed by atoms with van der Waals surface area (Å²) in [5.74, 6) is -0.735. The molecule has 1 aliphatic heterocycles. The van der Waals surface area contributed by atoms with Crippen molar-refractivity contribution in [3.05, 3.63) is 0 Å². The predicted octanol–water partition coefficient (Wildman–Crippen LogP) is -1.17. The highest BCUT2D eigenvalue weighted by Crippen LogP contribution is 2.22. The van der Waals surface area contributed by atoms with E-state index in [9.17, 15) is 18.0 Å². The SMILES string of the molecule is COC(=O)C(CNC1(C)CCS(=O)(=O)C1)NC(C)=O. The molecule has 1 fully saturated rings. The van der Waals surface area contributed by atoms with Gasteiger partial charge in [0.1, 0.15) is 6.04 Å². The first-order valence-electron chi connectivity index (χ1n) is 5.98. The summed E-state index contributed by atoms with van der Waals surface area (Å²) >= 11 is 0. The molecule has 1 aliphatic rings. The lowest BCUT2D eigenvalue weighted by Crippen LogP contribution is -2.53. The zero-order valence-corrected chi connectivity index (χ0v) is 12.2. The normalized spacial score (nSPS) is 26.7. The van der Waals surface area contributed by atoms with Crippen LogP contribution in [-0.2, 0) is 24.2 Å². The number of carbonyl (C=O) groups excluding carboxylic acids is 2. The van der Waals surface area contributed by atoms with Crippen LogP contribution in [0.3, 0.4) is 0 Å². The Kier molecular flexibility index (Phi) is 4.92. The summed E-state index contributed by atoms with van der Waals surface area (Å²) in [6.07, 6.45) is 0.489. The van der Waals surface area contributed by atoms with Crippen molar-refractivity contribution in [1.82, 2.24) is 10.6 Å². The minimum absolute atomic E-state index is 0.0357. The van der Waals surface area contributed by atoms with Gasteiger partial charge in [0, 0.05) is 19.0 Å². The van der Waals surface area contributed by atoms with Crippen molar-refractivity contribution < 1.29 is 22.7 Å². The number of esters is 1. The smallest absolute Gasteiger partial charge is 0.329 e. The number of ether oxygens (including phenoxy) is 1. The lowest BCUT2D eigenvalue weighted by atomic mass is 10.0. The Morgan fingerprint density at radius 2 is 2.05 bits per heavy atom. The zero-order chi connectivity index (χ0) is 14.7. The minimum Gasteiger partial charge on any atom is -0.467 e. The second-order valence-electron chi connectivity index (χ2n) is 5.06. The molecule has 1 rings (SSSR count). The Hall–Kier alpha value is -1.15. The average Bonchev–Trinajstić information content (AvgIpc) is 2.58. The van der Waals surface area contributed by atoms with Crippen molar-refractivity contribution in [2.45, 2.75) is 31.8 Å². The maximum Gasteiger partial charge on any atom is 0.329 e. The molecule has 110 valence electrons. The van der Waals surface area contributed by atoms with Crippen LogP contribution in [-0.4, -0.2) is 57.0 Å². The number of hydrogen-bond acceptors (Lipinski definition) is 6. The van der Waals surface area contributed by atoms with Gasteiger partial charge in [0.2, 0.25) is 5.91 Å². The molecule has 0 spiro atoms. The van der Waals surface area contributed by atoms with Crippen molar-refractivity contribution in [3.8, 4) is 0 Å². The van der Waals surface area contributed by atoms with Crippen LogP contribution in [0.2, 0.25) is 0 Å². The number of nitrogens with one attached hydrogen (secondary N) is 2. The highest BCUT2D eigenvalue weighted by molar-refractivity contribution is 7.91. The van der Waals surface area contributed by atoms with Gasteiger partial charge in [-0.1, -0.05) is 0 Å². The quantitative estimate of drug-likeness (QED) is 0.619. The lowest BCUT2D eigenvalue weighted by Gasteiger charge is -2.26. The van der Waals surface area contributed by atoms with E-state index in [1.807, 2.05) is 0 Å². The van der Waals surface area contributed by atoms with Gasteiger partial charge in [-0.05, 0) is 13.3 Å². The van der Waals surface area contributed by atoms with Crippen LogP contribution in [0.15, 0.2) is 0 Å². The molecule has 1 amide bonds. The van der Waals surface area contributed by atoms with Crippen molar-refractivity contribution >= 4 is 21.7 Å². The molecule has 0 aromatic heterocycles. The Labute approximate surface area is 113 Å². The number of sulfone groups is 1. The molecular formula is C11H20N2O5S. The lowest BCUT2D eigenvalue weighted by molar-refractivity contribution is -0.144. The van der Waals surface area contributed by atoms with Gasteiger partial charge in [0.05, 0.1) is 18.6 Å². The van der Waals surface area contributed by atoms with E-state index in [0.29, 0.717) is 6.42 Å². The molecule has 0 bridgehead atoms. The van der Waals surface area contributed by atoms with Gasteiger partial charge in [-0.25, -0.2) is 13.2 Å². The Morgan fingerprint density at radius 3 is 2.47 bits per heavy atom. The van der Waals surface area contributed by atoms with E-state index < -0.39 is 27.4 Å². The molecule has 8 heteroatoms. The number of methoxy groups -OCH3 is 1. The largest absolute Gasteiger partial charge is 0.467 e. The fourth-order valence-corrected chi connectivity index (χ4v) is 4.20. The monoisotopic (exact) mass is 292 g/mol. The molecule has 7 nitrogen and oxygen atoms in total. The van der Waals surface area contributed by atoms with E-state index in [1.165, 1.54) is 14.0 Å². The summed E-state index contributed by atoms with van der Waals surface area (Å²) in [6, 6.07) is -0.817. The molecule has 2 unspecified atom stereocenters. The molecule has 0 saturated carbocycles. The first kappa shape index (κ1) is 15.9. The van der Waals surface area contributed by atoms with E-state index in [4.69, 9.17) is 0 Å². The Morgan fingerprint density at radius 1 is 1.42 bits per heavy atom. The molecule has 0 radical (unpaired) electrons. The van der Waals surface area contributed by atoms with Crippen LogP contribution in [0, 0.1) is 0 Å². The minimum atomic E-state index is -3.02. The van der Waals surface area contributed by atoms with Gasteiger partial charge in [-0.15, -0.1) is 0 Å². The topological polar surface area (TPSA) is 102 Å². The first-order chi connectivity index (χ1) is 8.67. The van der Waals surface area contributed by atoms with Gasteiger partial charge in [-0.2, -0.15) is 0 Å². The third-order valence-electron chi connectivity index (χ3n) is 3.10. The molecule has 0 aliphatic carbocycles. The average molecular weight is 292 g/mol. The van der Waals surface area contributed by atoms with E-state index in [2.05, 4.69) is 15.4 Å². The van der Waals surface area contributed by atoms with Crippen LogP contribution in [0.1, 0.15) is 20.3 Å². The number of amides is 1. The summed E-state index contributed by atoms with van der Waals surface area (Å²) in [4.78, 5) is 22.5. The third-order valence-corrected chi connectivity index (χ3v) is 5.00. The van der Waals surface area contributed by atoms with E-state index in [0.717, 1.165) is 0 Å². The maximum absolute atomic E-state index is 11.5. The molecule has 2 atom stereocenters. The summed E-state index contributed by atoms with van der Waals surface area (Å²) < 4.78 is 27.5. The molecule has 2 N–H and O–H groups in total. The molecule has 0 aromatic rings. The van der Waals surface area contributed by atoms with Gasteiger partial charge >= 0.3 is 5.97 Å². The van der Waals surface area contributed by atoms with Crippen molar-refractivity contribution in [2.24, 2.45) is 0 Å². The maximum atomic E-state index is 11.5. The standard InChI is InChI=1S/C11H20N2O5S/c1-8(14)13-9(10(15)18-3)6-12-11(2)4-5-19(16,17)7-11/h9,12H,4-7H2,1-3H3,(H,13,14). The molecular weight excluding hydrogens is 272 g/mol. The summed E-state index contributed by atoms with van der Waals surface area (Å²) in [6.45, 7) is 3.23. The molecule has 0 aromatic carbocycles. The summed E-state index contributed by atoms with van der Waals surface area (Å²) in [5.41, 5.74) is -0.566. The van der Waals surface area contributed by atoms with E-state index >= 15 is 0 Å². The van der Waals surface area contributed by atoms with Crippen molar-refractivity contribution in [3.63, 3.8) is 0 Å². The van der Waals surface area contributed by atoms with Crippen LogP contribution >= 0.6 is 0 Å². The van der Waals surface area contributed by atoms with Gasteiger partial charge in [-0.3, -0.25) is 4.79 Å². The highest BCUT2D eigenvalue weighted by Gasteiger charge is 2.38. The fourth-order valence-electron chi connectivity index (χ4n) is 2.08. The van der Waals surface area contributed by atoms with Crippen LogP contribution in [0.4, 0.5) is 0 Å². The van der Waals surface area contributed by atoms with E-state index in [1.54, 1.807) is 6.92 Å². The van der Waals surface area contributed by atoms with Crippen LogP contribution in [0.25, 0.3) is 0 Å². The van der Waals surface area contributed by atoms with Gasteiger partial charge < -0.3 is 15.4 Å². The first-order valence-corrected chi connectivity index (χ1v) is 7.80. The zero-order valence-electron chi connectivity index (χ0n) is 11.4. The summed E-state index contributed by atoms with van der Waals surface area (Å²) in [5, 5.41) is 5.51. The number of rotatable bonds is 5. The molecule has 19 heavy (non-hydrogen) atoms. The fraction of sp³-hybridized carbons (Fsp3) is 0.818. The molecule has 1 heterocycles. The second-order valence-corrected chi connectivity index (χ2v) is 7.24. The van der Waals surface area contributed by atoms with Gasteiger partial charge in [0.15, 0.2) is 9.84 Å². The number of carbonyl (C=O) groups is 2. The predicted molar refractivity (Wildman–Crippen MR) is 69.3 cm³/mol. The van der Waals surface area contributed by atoms with Crippen molar-refractivity contribution in [1.29, 1.82) is 0 Å². The molecule has 1 saturated heterocycles. The van der Waals surface area contributed by atoms with Crippen LogP contribution < -0.4 is 10.6 Å². The second kappa shape index (κ2) is 5.87. The third kappa shape index (κ3) is 4.79. The Bertz CT molecular complexity index is 462. The van der Waals surface area contributed by atoms with Crippen molar-refractivity contribution in [2.75, 3.05) is 25.2 Å². The highest BCUT2D eigenvalue weighted by atomic mass is 32.2. The number of hydrogen-bond donors (Lipinski definition) is 2. The summed E-state index contributed by atoms with van der Waals surface area (Å²) in [7, 11) is -1.78. The van der Waals surface area contributed by atoms with Crippen LogP contribution in [0.5, 0.6) is 0 Å². The Balaban J connectivity index is 2.61.